The van der Waals surface area contributed by atoms with Gasteiger partial charge in [0.05, 0.1) is 11.3 Å². The first-order valence-electron chi connectivity index (χ1n) is 8.75. The molecule has 6 heteroatoms. The highest BCUT2D eigenvalue weighted by atomic mass is 16.5. The molecule has 0 aromatic carbocycles. The van der Waals surface area contributed by atoms with E-state index >= 15 is 0 Å². The Labute approximate surface area is 138 Å². The lowest BCUT2D eigenvalue weighted by molar-refractivity contribution is -0.0617. The van der Waals surface area contributed by atoms with Crippen LogP contribution in [0.25, 0.3) is 0 Å². The number of nitrogens with one attached hydrogen (secondary N) is 1. The molecule has 0 atom stereocenters. The van der Waals surface area contributed by atoms with Crippen molar-refractivity contribution in [3.8, 4) is 0 Å². The minimum absolute atomic E-state index is 0.582. The number of hydrogen-bond donors (Lipinski definition) is 2. The number of rotatable bonds is 5. The molecule has 2 saturated heterocycles. The zero-order valence-corrected chi connectivity index (χ0v) is 14.1. The molecule has 2 N–H and O–H groups in total. The second-order valence-corrected chi connectivity index (χ2v) is 6.79. The van der Waals surface area contributed by atoms with Gasteiger partial charge in [0.2, 0.25) is 5.95 Å². The van der Waals surface area contributed by atoms with Gasteiger partial charge in [0.25, 0.3) is 0 Å². The Morgan fingerprint density at radius 1 is 1.22 bits per heavy atom. The Bertz CT molecular complexity index is 511. The molecule has 2 fully saturated rings. The minimum Gasteiger partial charge on any atom is -0.388 e. The first-order chi connectivity index (χ1) is 11.1. The van der Waals surface area contributed by atoms with E-state index in [-0.39, 0.29) is 0 Å². The molecule has 2 aliphatic rings. The van der Waals surface area contributed by atoms with Crippen molar-refractivity contribution in [3.05, 3.63) is 17.5 Å². The zero-order chi connectivity index (χ0) is 16.1. The van der Waals surface area contributed by atoms with Crippen LogP contribution in [0.5, 0.6) is 0 Å². The van der Waals surface area contributed by atoms with E-state index in [1.807, 2.05) is 13.0 Å². The summed E-state index contributed by atoms with van der Waals surface area (Å²) in [6, 6.07) is 2.02. The summed E-state index contributed by atoms with van der Waals surface area (Å²) in [7, 11) is 0. The molecule has 0 unspecified atom stereocenters. The maximum Gasteiger partial charge on any atom is 0.225 e. The van der Waals surface area contributed by atoms with Crippen molar-refractivity contribution in [2.24, 2.45) is 0 Å². The van der Waals surface area contributed by atoms with E-state index in [1.165, 1.54) is 19.3 Å². The summed E-state index contributed by atoms with van der Waals surface area (Å²) in [6.07, 6.45) is 5.14. The van der Waals surface area contributed by atoms with Gasteiger partial charge in [-0.1, -0.05) is 0 Å². The maximum absolute atomic E-state index is 10.5. The second kappa shape index (κ2) is 7.55. The fourth-order valence-corrected chi connectivity index (χ4v) is 3.29. The molecule has 6 nitrogen and oxygen atoms in total. The molecule has 128 valence electrons. The molecule has 0 amide bonds. The summed E-state index contributed by atoms with van der Waals surface area (Å²) in [4.78, 5) is 11.6. The average Bonchev–Trinajstić information content (AvgIpc) is 2.56. The lowest BCUT2D eigenvalue weighted by Gasteiger charge is -2.32. The highest BCUT2D eigenvalue weighted by Crippen LogP contribution is 2.20. The van der Waals surface area contributed by atoms with Crippen LogP contribution in [-0.4, -0.2) is 53.5 Å². The lowest BCUT2D eigenvalue weighted by atomic mass is 9.94. The number of hydrogen-bond acceptors (Lipinski definition) is 6. The topological polar surface area (TPSA) is 70.5 Å². The molecule has 0 spiro atoms. The van der Waals surface area contributed by atoms with E-state index in [9.17, 15) is 5.11 Å². The molecule has 1 aromatic rings. The van der Waals surface area contributed by atoms with Gasteiger partial charge < -0.3 is 20.1 Å². The molecule has 0 bridgehead atoms. The molecule has 1 aromatic heterocycles. The van der Waals surface area contributed by atoms with Gasteiger partial charge >= 0.3 is 0 Å². The SMILES string of the molecule is Cc1cc(CNCC2(O)CCOCC2)nc(N2CCCCC2)n1. The Morgan fingerprint density at radius 3 is 2.70 bits per heavy atom. The maximum atomic E-state index is 10.5. The van der Waals surface area contributed by atoms with E-state index in [4.69, 9.17) is 9.72 Å². The molecule has 3 rings (SSSR count). The molecule has 0 radical (unpaired) electrons. The first kappa shape index (κ1) is 16.6. The number of nitrogens with zero attached hydrogens (tertiary/aromatic N) is 3. The van der Waals surface area contributed by atoms with Crippen LogP contribution in [0, 0.1) is 6.92 Å². The summed E-state index contributed by atoms with van der Waals surface area (Å²) in [6.45, 7) is 6.65. The van der Waals surface area contributed by atoms with Gasteiger partial charge in [-0.15, -0.1) is 0 Å². The molecule has 2 aliphatic heterocycles. The van der Waals surface area contributed by atoms with Crippen LogP contribution in [0.15, 0.2) is 6.07 Å². The predicted molar refractivity (Wildman–Crippen MR) is 89.5 cm³/mol. The summed E-state index contributed by atoms with van der Waals surface area (Å²) in [5, 5.41) is 13.8. The number of ether oxygens (including phenoxy) is 1. The van der Waals surface area contributed by atoms with Gasteiger partial charge in [-0.2, -0.15) is 0 Å². The quantitative estimate of drug-likeness (QED) is 0.855. The Hall–Kier alpha value is -1.24. The molecule has 0 aliphatic carbocycles. The fourth-order valence-electron chi connectivity index (χ4n) is 3.29. The number of anilines is 1. The molecule has 23 heavy (non-hydrogen) atoms. The van der Waals surface area contributed by atoms with Gasteiger partial charge in [0, 0.05) is 57.9 Å². The van der Waals surface area contributed by atoms with Crippen molar-refractivity contribution in [1.29, 1.82) is 0 Å². The van der Waals surface area contributed by atoms with E-state index in [1.54, 1.807) is 0 Å². The molecule has 0 saturated carbocycles. The van der Waals surface area contributed by atoms with Crippen LogP contribution in [0.4, 0.5) is 5.95 Å². The number of aromatic nitrogens is 2. The van der Waals surface area contributed by atoms with Crippen LogP contribution in [0.2, 0.25) is 0 Å². The molecular weight excluding hydrogens is 292 g/mol. The van der Waals surface area contributed by atoms with E-state index in [0.29, 0.717) is 39.1 Å². The van der Waals surface area contributed by atoms with Crippen molar-refractivity contribution in [3.63, 3.8) is 0 Å². The summed E-state index contributed by atoms with van der Waals surface area (Å²) < 4.78 is 5.31. The van der Waals surface area contributed by atoms with Crippen LogP contribution >= 0.6 is 0 Å². The Morgan fingerprint density at radius 2 is 1.96 bits per heavy atom. The third kappa shape index (κ3) is 4.62. The van der Waals surface area contributed by atoms with E-state index in [2.05, 4.69) is 15.2 Å². The summed E-state index contributed by atoms with van der Waals surface area (Å²) >= 11 is 0. The standard InChI is InChI=1S/C17H28N4O2/c1-14-11-15(12-18-13-17(22)5-9-23-10-6-17)20-16(19-14)21-7-3-2-4-8-21/h11,18,22H,2-10,12-13H2,1H3. The van der Waals surface area contributed by atoms with Crippen LogP contribution in [0.3, 0.4) is 0 Å². The Kier molecular flexibility index (Phi) is 5.46. The van der Waals surface area contributed by atoms with Crippen LogP contribution < -0.4 is 10.2 Å². The minimum atomic E-state index is -0.643. The number of piperidine rings is 1. The normalized spacial score (nSPS) is 21.4. The average molecular weight is 320 g/mol. The van der Waals surface area contributed by atoms with Crippen molar-refractivity contribution in [2.75, 3.05) is 37.7 Å². The summed E-state index contributed by atoms with van der Waals surface area (Å²) in [5.74, 6) is 0.853. The van der Waals surface area contributed by atoms with Crippen LogP contribution in [0.1, 0.15) is 43.5 Å². The summed E-state index contributed by atoms with van der Waals surface area (Å²) in [5.41, 5.74) is 1.35. The third-order valence-corrected chi connectivity index (χ3v) is 4.72. The second-order valence-electron chi connectivity index (χ2n) is 6.79. The fraction of sp³-hybridized carbons (Fsp3) is 0.765. The van der Waals surface area contributed by atoms with Crippen molar-refractivity contribution in [1.82, 2.24) is 15.3 Å². The van der Waals surface area contributed by atoms with Gasteiger partial charge in [0.15, 0.2) is 0 Å². The largest absolute Gasteiger partial charge is 0.388 e. The first-order valence-corrected chi connectivity index (χ1v) is 8.75. The molecule has 3 heterocycles. The highest BCUT2D eigenvalue weighted by molar-refractivity contribution is 5.32. The van der Waals surface area contributed by atoms with Crippen molar-refractivity contribution < 1.29 is 9.84 Å². The van der Waals surface area contributed by atoms with Crippen molar-refractivity contribution >= 4 is 5.95 Å². The smallest absolute Gasteiger partial charge is 0.225 e. The highest BCUT2D eigenvalue weighted by Gasteiger charge is 2.29. The van der Waals surface area contributed by atoms with Gasteiger partial charge in [-0.25, -0.2) is 9.97 Å². The molecular formula is C17H28N4O2. The van der Waals surface area contributed by atoms with E-state index < -0.39 is 5.60 Å². The van der Waals surface area contributed by atoms with E-state index in [0.717, 1.165) is 30.4 Å². The van der Waals surface area contributed by atoms with Crippen molar-refractivity contribution in [2.45, 2.75) is 51.2 Å². The van der Waals surface area contributed by atoms with Crippen LogP contribution in [-0.2, 0) is 11.3 Å². The van der Waals surface area contributed by atoms with Gasteiger partial charge in [-0.3, -0.25) is 0 Å². The number of aryl methyl sites for hydroxylation is 1. The zero-order valence-electron chi connectivity index (χ0n) is 14.1. The lowest BCUT2D eigenvalue weighted by Crippen LogP contribution is -2.44. The third-order valence-electron chi connectivity index (χ3n) is 4.72. The monoisotopic (exact) mass is 320 g/mol. The predicted octanol–water partition coefficient (Wildman–Crippen LogP) is 1.41. The van der Waals surface area contributed by atoms with Gasteiger partial charge in [-0.05, 0) is 32.3 Å². The number of aliphatic hydroxyl groups is 1. The van der Waals surface area contributed by atoms with Gasteiger partial charge in [0.1, 0.15) is 0 Å². The Balaban J connectivity index is 1.57.